The highest BCUT2D eigenvalue weighted by Crippen LogP contribution is 2.25. The van der Waals surface area contributed by atoms with E-state index in [1.165, 1.54) is 35.5 Å². The molecule has 0 fully saturated rings. The first-order valence-electron chi connectivity index (χ1n) is 7.83. The maximum atomic E-state index is 3.70. The summed E-state index contributed by atoms with van der Waals surface area (Å²) in [6.07, 6.45) is 3.76. The lowest BCUT2D eigenvalue weighted by Gasteiger charge is -2.24. The predicted molar refractivity (Wildman–Crippen MR) is 92.7 cm³/mol. The highest BCUT2D eigenvalue weighted by atomic mass is 32.2. The van der Waals surface area contributed by atoms with Crippen molar-refractivity contribution in [1.82, 2.24) is 5.32 Å². The van der Waals surface area contributed by atoms with Crippen LogP contribution < -0.4 is 5.32 Å². The minimum atomic E-state index is 0.431. The van der Waals surface area contributed by atoms with Crippen LogP contribution in [0.5, 0.6) is 0 Å². The Kier molecular flexibility index (Phi) is 7.68. The number of hydrogen-bond donors (Lipinski definition) is 1. The molecule has 2 heteroatoms. The molecule has 1 atom stereocenters. The van der Waals surface area contributed by atoms with Crippen LogP contribution in [0.3, 0.4) is 0 Å². The van der Waals surface area contributed by atoms with Crippen LogP contribution in [0.25, 0.3) is 0 Å². The molecule has 0 spiro atoms. The number of nitrogens with one attached hydrogen (secondary N) is 1. The molecule has 0 radical (unpaired) electrons. The normalized spacial score (nSPS) is 13.4. The van der Waals surface area contributed by atoms with Crippen LogP contribution in [0, 0.1) is 12.3 Å². The first-order chi connectivity index (χ1) is 9.40. The van der Waals surface area contributed by atoms with Gasteiger partial charge in [0.15, 0.2) is 0 Å². The molecule has 0 amide bonds. The zero-order valence-corrected chi connectivity index (χ0v) is 14.6. The molecule has 0 bridgehead atoms. The largest absolute Gasteiger partial charge is 0.313 e. The SMILES string of the molecule is CCCNC(CCC(C)(C)C)CSc1ccc(C)cc1. The third-order valence-corrected chi connectivity index (χ3v) is 4.57. The number of aryl methyl sites for hydroxylation is 1. The maximum Gasteiger partial charge on any atom is 0.0161 e. The second-order valence-electron chi connectivity index (χ2n) is 6.87. The van der Waals surface area contributed by atoms with E-state index in [1.54, 1.807) is 0 Å². The van der Waals surface area contributed by atoms with Crippen molar-refractivity contribution in [1.29, 1.82) is 0 Å². The quantitative estimate of drug-likeness (QED) is 0.654. The third kappa shape index (κ3) is 7.96. The number of thioether (sulfide) groups is 1. The van der Waals surface area contributed by atoms with E-state index in [1.807, 2.05) is 11.8 Å². The number of hydrogen-bond acceptors (Lipinski definition) is 2. The fraction of sp³-hybridized carbons (Fsp3) is 0.667. The average Bonchev–Trinajstić information content (AvgIpc) is 2.38. The Morgan fingerprint density at radius 3 is 2.35 bits per heavy atom. The van der Waals surface area contributed by atoms with Crippen LogP contribution in [0.4, 0.5) is 0 Å². The summed E-state index contributed by atoms with van der Waals surface area (Å²) >= 11 is 1.98. The fourth-order valence-electron chi connectivity index (χ4n) is 2.03. The summed E-state index contributed by atoms with van der Waals surface area (Å²) < 4.78 is 0. The molecule has 0 saturated carbocycles. The van der Waals surface area contributed by atoms with Gasteiger partial charge in [0.05, 0.1) is 0 Å². The average molecular weight is 294 g/mol. The van der Waals surface area contributed by atoms with E-state index in [-0.39, 0.29) is 0 Å². The zero-order chi connectivity index (χ0) is 15.0. The summed E-state index contributed by atoms with van der Waals surface area (Å²) in [6.45, 7) is 12.5. The van der Waals surface area contributed by atoms with Gasteiger partial charge in [-0.25, -0.2) is 0 Å². The van der Waals surface area contributed by atoms with E-state index in [0.717, 1.165) is 6.54 Å². The molecule has 1 nitrogen and oxygen atoms in total. The van der Waals surface area contributed by atoms with Crippen LogP contribution in [0.1, 0.15) is 52.5 Å². The third-order valence-electron chi connectivity index (χ3n) is 3.40. The van der Waals surface area contributed by atoms with E-state index < -0.39 is 0 Å². The molecule has 0 aliphatic rings. The van der Waals surface area contributed by atoms with Gasteiger partial charge in [-0.05, 0) is 50.3 Å². The number of benzene rings is 1. The molecule has 0 aliphatic heterocycles. The van der Waals surface area contributed by atoms with Crippen molar-refractivity contribution in [3.05, 3.63) is 29.8 Å². The van der Waals surface area contributed by atoms with Gasteiger partial charge >= 0.3 is 0 Å². The van der Waals surface area contributed by atoms with E-state index in [0.29, 0.717) is 11.5 Å². The molecule has 0 aliphatic carbocycles. The van der Waals surface area contributed by atoms with Gasteiger partial charge in [0, 0.05) is 16.7 Å². The van der Waals surface area contributed by atoms with Gasteiger partial charge in [0.25, 0.3) is 0 Å². The van der Waals surface area contributed by atoms with Crippen molar-refractivity contribution in [2.45, 2.75) is 64.8 Å². The molecule has 114 valence electrons. The second kappa shape index (κ2) is 8.74. The van der Waals surface area contributed by atoms with Gasteiger partial charge in [-0.2, -0.15) is 0 Å². The monoisotopic (exact) mass is 293 g/mol. The Labute approximate surface area is 129 Å². The molecular formula is C18H31NS. The van der Waals surface area contributed by atoms with Gasteiger partial charge in [-0.15, -0.1) is 11.8 Å². The van der Waals surface area contributed by atoms with Crippen molar-refractivity contribution < 1.29 is 0 Å². The Morgan fingerprint density at radius 2 is 1.80 bits per heavy atom. The van der Waals surface area contributed by atoms with Crippen molar-refractivity contribution in [2.24, 2.45) is 5.41 Å². The summed E-state index contributed by atoms with van der Waals surface area (Å²) in [4.78, 5) is 1.38. The first kappa shape index (κ1) is 17.6. The van der Waals surface area contributed by atoms with Crippen molar-refractivity contribution >= 4 is 11.8 Å². The lowest BCUT2D eigenvalue weighted by molar-refractivity contribution is 0.338. The molecule has 1 aromatic carbocycles. The molecule has 1 N–H and O–H groups in total. The summed E-state index contributed by atoms with van der Waals surface area (Å²) in [5.74, 6) is 1.17. The fourth-order valence-corrected chi connectivity index (χ4v) is 3.04. The predicted octanol–water partition coefficient (Wildman–Crippen LogP) is 5.28. The molecule has 1 unspecified atom stereocenters. The highest BCUT2D eigenvalue weighted by Gasteiger charge is 2.15. The Balaban J connectivity index is 2.44. The molecule has 1 aromatic rings. The zero-order valence-electron chi connectivity index (χ0n) is 13.8. The van der Waals surface area contributed by atoms with E-state index in [4.69, 9.17) is 0 Å². The van der Waals surface area contributed by atoms with Gasteiger partial charge in [-0.1, -0.05) is 45.4 Å². The molecule has 20 heavy (non-hydrogen) atoms. The Hall–Kier alpha value is -0.470. The van der Waals surface area contributed by atoms with Crippen LogP contribution in [-0.2, 0) is 0 Å². The highest BCUT2D eigenvalue weighted by molar-refractivity contribution is 7.99. The van der Waals surface area contributed by atoms with Crippen molar-refractivity contribution in [2.75, 3.05) is 12.3 Å². The summed E-state index contributed by atoms with van der Waals surface area (Å²) in [5.41, 5.74) is 1.77. The summed E-state index contributed by atoms with van der Waals surface area (Å²) in [7, 11) is 0. The summed E-state index contributed by atoms with van der Waals surface area (Å²) in [5, 5.41) is 3.70. The molecular weight excluding hydrogens is 262 g/mol. The van der Waals surface area contributed by atoms with E-state index >= 15 is 0 Å². The van der Waals surface area contributed by atoms with Crippen LogP contribution in [-0.4, -0.2) is 18.3 Å². The maximum absolute atomic E-state index is 3.70. The van der Waals surface area contributed by atoms with Crippen LogP contribution in [0.15, 0.2) is 29.2 Å². The minimum absolute atomic E-state index is 0.431. The minimum Gasteiger partial charge on any atom is -0.313 e. The topological polar surface area (TPSA) is 12.0 Å². The molecule has 0 heterocycles. The lowest BCUT2D eigenvalue weighted by Crippen LogP contribution is -2.33. The van der Waals surface area contributed by atoms with Gasteiger partial charge in [-0.3, -0.25) is 0 Å². The first-order valence-corrected chi connectivity index (χ1v) is 8.82. The lowest BCUT2D eigenvalue weighted by atomic mass is 9.89. The van der Waals surface area contributed by atoms with Crippen molar-refractivity contribution in [3.63, 3.8) is 0 Å². The van der Waals surface area contributed by atoms with Gasteiger partial charge in [0.1, 0.15) is 0 Å². The van der Waals surface area contributed by atoms with Crippen LogP contribution in [0.2, 0.25) is 0 Å². The van der Waals surface area contributed by atoms with Crippen LogP contribution >= 0.6 is 11.8 Å². The van der Waals surface area contributed by atoms with Crippen molar-refractivity contribution in [3.8, 4) is 0 Å². The molecule has 0 saturated heterocycles. The summed E-state index contributed by atoms with van der Waals surface area (Å²) in [6, 6.07) is 9.50. The Morgan fingerprint density at radius 1 is 1.15 bits per heavy atom. The molecule has 0 aromatic heterocycles. The number of rotatable bonds is 8. The van der Waals surface area contributed by atoms with Gasteiger partial charge in [0.2, 0.25) is 0 Å². The second-order valence-corrected chi connectivity index (χ2v) is 7.97. The van der Waals surface area contributed by atoms with E-state index in [2.05, 4.69) is 64.2 Å². The van der Waals surface area contributed by atoms with E-state index in [9.17, 15) is 0 Å². The van der Waals surface area contributed by atoms with Gasteiger partial charge < -0.3 is 5.32 Å². The Bertz CT molecular complexity index is 364. The smallest absolute Gasteiger partial charge is 0.0161 e. The standard InChI is InChI=1S/C18H31NS/c1-6-13-19-16(11-12-18(3,4)5)14-20-17-9-7-15(2)8-10-17/h7-10,16,19H,6,11-14H2,1-5H3. The molecule has 1 rings (SSSR count).